The molecule has 0 amide bonds. The highest BCUT2D eigenvalue weighted by Crippen LogP contribution is 2.31. The number of nitrogens with one attached hydrogen (secondary N) is 1. The molecule has 21 heavy (non-hydrogen) atoms. The van der Waals surface area contributed by atoms with Crippen molar-refractivity contribution < 1.29 is 9.84 Å². The average Bonchev–Trinajstić information content (AvgIpc) is 2.74. The van der Waals surface area contributed by atoms with Gasteiger partial charge in [0.25, 0.3) is 0 Å². The predicted octanol–water partition coefficient (Wildman–Crippen LogP) is 2.39. The van der Waals surface area contributed by atoms with Crippen LogP contribution in [0, 0.1) is 0 Å². The van der Waals surface area contributed by atoms with Crippen LogP contribution < -0.4 is 15.0 Å². The summed E-state index contributed by atoms with van der Waals surface area (Å²) in [4.78, 5) is 7.51. The van der Waals surface area contributed by atoms with Crippen molar-refractivity contribution in [3.8, 4) is 5.88 Å². The molecule has 0 atom stereocenters. The molecule has 6 heteroatoms. The number of nitrogens with zero attached hydrogens (tertiary/aromatic N) is 2. The number of thiazole rings is 1. The number of aromatic nitrogens is 1. The molecule has 0 unspecified atom stereocenters. The fourth-order valence-corrected chi connectivity index (χ4v) is 3.68. The van der Waals surface area contributed by atoms with Gasteiger partial charge < -0.3 is 20.1 Å². The van der Waals surface area contributed by atoms with E-state index in [1.54, 1.807) is 18.4 Å². The van der Waals surface area contributed by atoms with Crippen molar-refractivity contribution in [2.75, 3.05) is 32.6 Å². The first kappa shape index (κ1) is 16.5. The Bertz CT molecular complexity index is 440. The van der Waals surface area contributed by atoms with Gasteiger partial charge >= 0.3 is 0 Å². The molecule has 1 saturated carbocycles. The molecule has 0 aromatic carbocycles. The molecule has 1 fully saturated rings. The lowest BCUT2D eigenvalue weighted by molar-refractivity contribution is 0.0250. The van der Waals surface area contributed by atoms with Crippen LogP contribution in [0.1, 0.15) is 43.4 Å². The molecule has 1 aromatic rings. The lowest BCUT2D eigenvalue weighted by Crippen LogP contribution is -2.39. The summed E-state index contributed by atoms with van der Waals surface area (Å²) >= 11 is 1.63. The first-order valence-electron chi connectivity index (χ1n) is 7.68. The van der Waals surface area contributed by atoms with E-state index in [0.717, 1.165) is 35.7 Å². The summed E-state index contributed by atoms with van der Waals surface area (Å²) in [6, 6.07) is 0. The van der Waals surface area contributed by atoms with Gasteiger partial charge in [-0.3, -0.25) is 0 Å². The molecule has 2 N–H and O–H groups in total. The second-order valence-electron chi connectivity index (χ2n) is 6.07. The monoisotopic (exact) mass is 313 g/mol. The molecule has 0 spiro atoms. The number of hydrogen-bond acceptors (Lipinski definition) is 6. The van der Waals surface area contributed by atoms with Crippen molar-refractivity contribution in [3.63, 3.8) is 0 Å². The quantitative estimate of drug-likeness (QED) is 0.790. The maximum absolute atomic E-state index is 10.6. The first-order valence-corrected chi connectivity index (χ1v) is 8.50. The zero-order valence-corrected chi connectivity index (χ0v) is 14.1. The highest BCUT2D eigenvalue weighted by atomic mass is 32.1. The number of methoxy groups -OCH3 is 1. The predicted molar refractivity (Wildman–Crippen MR) is 87.4 cm³/mol. The van der Waals surface area contributed by atoms with Gasteiger partial charge in [0.2, 0.25) is 5.88 Å². The van der Waals surface area contributed by atoms with Gasteiger partial charge in [-0.1, -0.05) is 37.0 Å². The van der Waals surface area contributed by atoms with E-state index in [1.807, 2.05) is 19.0 Å². The minimum Gasteiger partial charge on any atom is -0.480 e. The standard InChI is InChI=1S/C15H27N3O2S/c1-18(2)14-17-13(20-3)12(21-14)10-16-11-15(19)8-6-4-5-7-9-15/h16,19H,4-11H2,1-3H3. The van der Waals surface area contributed by atoms with Crippen molar-refractivity contribution in [1.82, 2.24) is 10.3 Å². The number of ether oxygens (including phenoxy) is 1. The van der Waals surface area contributed by atoms with Gasteiger partial charge in [0.15, 0.2) is 5.13 Å². The van der Waals surface area contributed by atoms with Crippen molar-refractivity contribution in [1.29, 1.82) is 0 Å². The van der Waals surface area contributed by atoms with Gasteiger partial charge in [-0.05, 0) is 12.8 Å². The van der Waals surface area contributed by atoms with Gasteiger partial charge in [0.05, 0.1) is 17.6 Å². The van der Waals surface area contributed by atoms with E-state index in [-0.39, 0.29) is 0 Å². The number of hydrogen-bond donors (Lipinski definition) is 2. The Balaban J connectivity index is 1.90. The SMILES string of the molecule is COc1nc(N(C)C)sc1CNCC1(O)CCCCCC1. The Hall–Kier alpha value is -0.850. The molecule has 0 radical (unpaired) electrons. The van der Waals surface area contributed by atoms with Gasteiger partial charge in [-0.25, -0.2) is 0 Å². The minimum atomic E-state index is -0.543. The van der Waals surface area contributed by atoms with E-state index in [0.29, 0.717) is 19.0 Å². The second kappa shape index (κ2) is 7.42. The number of aliphatic hydroxyl groups is 1. The normalized spacial score (nSPS) is 18.3. The van der Waals surface area contributed by atoms with E-state index >= 15 is 0 Å². The van der Waals surface area contributed by atoms with Gasteiger partial charge in [0, 0.05) is 27.2 Å². The van der Waals surface area contributed by atoms with Crippen molar-refractivity contribution in [2.45, 2.75) is 50.7 Å². The Kier molecular flexibility index (Phi) is 5.84. The molecule has 0 saturated heterocycles. The Labute approximate surface area is 131 Å². The summed E-state index contributed by atoms with van der Waals surface area (Å²) in [5, 5.41) is 15.0. The van der Waals surface area contributed by atoms with E-state index in [9.17, 15) is 5.11 Å². The van der Waals surface area contributed by atoms with Crippen LogP contribution in [-0.4, -0.2) is 43.4 Å². The maximum atomic E-state index is 10.6. The summed E-state index contributed by atoms with van der Waals surface area (Å²) in [5.74, 6) is 0.684. The molecule has 120 valence electrons. The third-order valence-electron chi connectivity index (χ3n) is 4.00. The summed E-state index contributed by atoms with van der Waals surface area (Å²) in [7, 11) is 5.60. The molecular formula is C15H27N3O2S. The largest absolute Gasteiger partial charge is 0.480 e. The van der Waals surface area contributed by atoms with E-state index in [2.05, 4.69) is 10.3 Å². The van der Waals surface area contributed by atoms with Crippen LogP contribution in [0.3, 0.4) is 0 Å². The van der Waals surface area contributed by atoms with Crippen LogP contribution in [0.4, 0.5) is 5.13 Å². The summed E-state index contributed by atoms with van der Waals surface area (Å²) < 4.78 is 5.33. The smallest absolute Gasteiger partial charge is 0.230 e. The zero-order chi connectivity index (χ0) is 15.3. The molecule has 2 rings (SSSR count). The summed E-state index contributed by atoms with van der Waals surface area (Å²) in [6.45, 7) is 1.34. The third kappa shape index (κ3) is 4.56. The van der Waals surface area contributed by atoms with Gasteiger partial charge in [0.1, 0.15) is 0 Å². The Morgan fingerprint density at radius 2 is 1.95 bits per heavy atom. The highest BCUT2D eigenvalue weighted by molar-refractivity contribution is 7.15. The third-order valence-corrected chi connectivity index (χ3v) is 5.20. The molecule has 5 nitrogen and oxygen atoms in total. The van der Waals surface area contributed by atoms with Crippen molar-refractivity contribution >= 4 is 16.5 Å². The molecule has 1 aliphatic carbocycles. The van der Waals surface area contributed by atoms with E-state index in [1.165, 1.54) is 12.8 Å². The molecule has 1 aliphatic rings. The molecule has 0 aliphatic heterocycles. The number of anilines is 1. The fraction of sp³-hybridized carbons (Fsp3) is 0.800. The Morgan fingerprint density at radius 1 is 1.29 bits per heavy atom. The Morgan fingerprint density at radius 3 is 2.52 bits per heavy atom. The van der Waals surface area contributed by atoms with Gasteiger partial charge in [-0.2, -0.15) is 4.98 Å². The second-order valence-corrected chi connectivity index (χ2v) is 7.13. The summed E-state index contributed by atoms with van der Waals surface area (Å²) in [6.07, 6.45) is 6.57. The van der Waals surface area contributed by atoms with Gasteiger partial charge in [-0.15, -0.1) is 0 Å². The van der Waals surface area contributed by atoms with Crippen LogP contribution >= 0.6 is 11.3 Å². The highest BCUT2D eigenvalue weighted by Gasteiger charge is 2.27. The topological polar surface area (TPSA) is 57.6 Å². The maximum Gasteiger partial charge on any atom is 0.230 e. The van der Waals surface area contributed by atoms with E-state index in [4.69, 9.17) is 4.74 Å². The minimum absolute atomic E-state index is 0.543. The first-order chi connectivity index (χ1) is 10.0. The summed E-state index contributed by atoms with van der Waals surface area (Å²) in [5.41, 5.74) is -0.543. The van der Waals surface area contributed by atoms with Crippen molar-refractivity contribution in [2.24, 2.45) is 0 Å². The molecular weight excluding hydrogens is 286 g/mol. The number of rotatable bonds is 6. The van der Waals surface area contributed by atoms with E-state index < -0.39 is 5.60 Å². The zero-order valence-electron chi connectivity index (χ0n) is 13.3. The van der Waals surface area contributed by atoms with Crippen molar-refractivity contribution in [3.05, 3.63) is 4.88 Å². The lowest BCUT2D eigenvalue weighted by atomic mass is 9.94. The average molecular weight is 313 g/mol. The fourth-order valence-electron chi connectivity index (χ4n) is 2.76. The molecule has 1 aromatic heterocycles. The van der Waals surface area contributed by atoms with Crippen LogP contribution in [0.15, 0.2) is 0 Å². The van der Waals surface area contributed by atoms with Crippen LogP contribution in [0.25, 0.3) is 0 Å². The van der Waals surface area contributed by atoms with Crippen LogP contribution in [-0.2, 0) is 6.54 Å². The lowest BCUT2D eigenvalue weighted by Gasteiger charge is -2.26. The molecule has 0 bridgehead atoms. The molecule has 1 heterocycles. The van der Waals surface area contributed by atoms with Crippen LogP contribution in [0.2, 0.25) is 0 Å². The van der Waals surface area contributed by atoms with Crippen LogP contribution in [0.5, 0.6) is 5.88 Å².